The number of hydrogen-bond donors (Lipinski definition) is 1. The SMILES string of the molecule is CCCCc1c(-c2ccccc2OC)c(C(N)=O)c(C)n1C1CC1. The number of aromatic nitrogens is 1. The van der Waals surface area contributed by atoms with E-state index in [9.17, 15) is 4.79 Å². The quantitative estimate of drug-likeness (QED) is 0.827. The molecule has 0 radical (unpaired) electrons. The van der Waals surface area contributed by atoms with Gasteiger partial charge in [-0.2, -0.15) is 0 Å². The molecule has 128 valence electrons. The zero-order valence-electron chi connectivity index (χ0n) is 14.8. The maximum Gasteiger partial charge on any atom is 0.251 e. The summed E-state index contributed by atoms with van der Waals surface area (Å²) in [5.74, 6) is 0.427. The smallest absolute Gasteiger partial charge is 0.251 e. The minimum absolute atomic E-state index is 0.356. The van der Waals surface area contributed by atoms with Crippen molar-refractivity contribution in [2.45, 2.75) is 52.0 Å². The van der Waals surface area contributed by atoms with Gasteiger partial charge >= 0.3 is 0 Å². The van der Waals surface area contributed by atoms with E-state index in [0.29, 0.717) is 11.6 Å². The number of methoxy groups -OCH3 is 1. The Kier molecular flexibility index (Phi) is 4.65. The minimum Gasteiger partial charge on any atom is -0.496 e. The summed E-state index contributed by atoms with van der Waals surface area (Å²) in [7, 11) is 1.67. The highest BCUT2D eigenvalue weighted by Crippen LogP contribution is 2.45. The summed E-state index contributed by atoms with van der Waals surface area (Å²) in [6.07, 6.45) is 5.52. The molecule has 0 bridgehead atoms. The fraction of sp³-hybridized carbons (Fsp3) is 0.450. The maximum atomic E-state index is 12.3. The molecule has 4 heteroatoms. The average Bonchev–Trinajstić information content (AvgIpc) is 3.36. The first kappa shape index (κ1) is 16.6. The van der Waals surface area contributed by atoms with Crippen molar-refractivity contribution in [3.05, 3.63) is 41.2 Å². The van der Waals surface area contributed by atoms with Gasteiger partial charge in [-0.25, -0.2) is 0 Å². The minimum atomic E-state index is -0.356. The van der Waals surface area contributed by atoms with Crippen LogP contribution in [0.5, 0.6) is 5.75 Å². The highest BCUT2D eigenvalue weighted by molar-refractivity contribution is 6.03. The molecule has 0 atom stereocenters. The number of carbonyl (C=O) groups excluding carboxylic acids is 1. The molecule has 2 N–H and O–H groups in total. The fourth-order valence-electron chi connectivity index (χ4n) is 3.63. The van der Waals surface area contributed by atoms with Gasteiger partial charge in [0.25, 0.3) is 5.91 Å². The number of benzene rings is 1. The van der Waals surface area contributed by atoms with E-state index < -0.39 is 0 Å². The van der Waals surface area contributed by atoms with E-state index in [4.69, 9.17) is 10.5 Å². The van der Waals surface area contributed by atoms with Gasteiger partial charge in [-0.3, -0.25) is 4.79 Å². The van der Waals surface area contributed by atoms with Crippen molar-refractivity contribution in [2.75, 3.05) is 7.11 Å². The van der Waals surface area contributed by atoms with Crippen molar-refractivity contribution in [3.63, 3.8) is 0 Å². The van der Waals surface area contributed by atoms with E-state index in [2.05, 4.69) is 11.5 Å². The van der Waals surface area contributed by atoms with Gasteiger partial charge in [-0.05, 0) is 38.7 Å². The molecule has 3 rings (SSSR count). The molecule has 2 aromatic rings. The summed E-state index contributed by atoms with van der Waals surface area (Å²) >= 11 is 0. The van der Waals surface area contributed by atoms with E-state index in [0.717, 1.165) is 41.8 Å². The first-order valence-electron chi connectivity index (χ1n) is 8.77. The van der Waals surface area contributed by atoms with Crippen molar-refractivity contribution < 1.29 is 9.53 Å². The number of ether oxygens (including phenoxy) is 1. The lowest BCUT2D eigenvalue weighted by Crippen LogP contribution is -2.13. The second-order valence-electron chi connectivity index (χ2n) is 6.55. The highest BCUT2D eigenvalue weighted by atomic mass is 16.5. The first-order valence-corrected chi connectivity index (χ1v) is 8.77. The van der Waals surface area contributed by atoms with Crippen molar-refractivity contribution in [1.82, 2.24) is 4.57 Å². The van der Waals surface area contributed by atoms with Crippen LogP contribution in [0.1, 0.15) is 60.4 Å². The van der Waals surface area contributed by atoms with Crippen LogP contribution < -0.4 is 10.5 Å². The molecule has 0 saturated heterocycles. The van der Waals surface area contributed by atoms with Crippen LogP contribution in [-0.2, 0) is 6.42 Å². The maximum absolute atomic E-state index is 12.3. The predicted molar refractivity (Wildman–Crippen MR) is 96.6 cm³/mol. The highest BCUT2D eigenvalue weighted by Gasteiger charge is 2.33. The summed E-state index contributed by atoms with van der Waals surface area (Å²) in [4.78, 5) is 12.3. The fourth-order valence-corrected chi connectivity index (χ4v) is 3.63. The van der Waals surface area contributed by atoms with Crippen molar-refractivity contribution in [2.24, 2.45) is 5.73 Å². The zero-order chi connectivity index (χ0) is 17.3. The molecule has 1 fully saturated rings. The number of carbonyl (C=O) groups is 1. The lowest BCUT2D eigenvalue weighted by molar-refractivity contribution is 0.1000. The Labute approximate surface area is 143 Å². The number of nitrogens with two attached hydrogens (primary N) is 1. The molecule has 1 amide bonds. The molecule has 1 aromatic heterocycles. The van der Waals surface area contributed by atoms with Gasteiger partial charge < -0.3 is 15.0 Å². The third-order valence-electron chi connectivity index (χ3n) is 4.85. The molecule has 0 unspecified atom stereocenters. The number of primary amides is 1. The van der Waals surface area contributed by atoms with Crippen LogP contribution in [0.25, 0.3) is 11.1 Å². The van der Waals surface area contributed by atoms with Crippen LogP contribution in [0.3, 0.4) is 0 Å². The second-order valence-corrected chi connectivity index (χ2v) is 6.55. The molecule has 1 heterocycles. The Morgan fingerprint density at radius 1 is 1.33 bits per heavy atom. The molecule has 1 saturated carbocycles. The number of amides is 1. The summed E-state index contributed by atoms with van der Waals surface area (Å²) in [6.45, 7) is 4.21. The summed E-state index contributed by atoms with van der Waals surface area (Å²) in [6, 6.07) is 8.40. The topological polar surface area (TPSA) is 57.2 Å². The number of nitrogens with zero attached hydrogens (tertiary/aromatic N) is 1. The summed E-state index contributed by atoms with van der Waals surface area (Å²) < 4.78 is 7.92. The zero-order valence-corrected chi connectivity index (χ0v) is 14.8. The standard InChI is InChI=1S/C20H26N2O2/c1-4-5-9-16-19(15-8-6-7-10-17(15)24-3)18(20(21)23)13(2)22(16)14-11-12-14/h6-8,10,14H,4-5,9,11-12H2,1-3H3,(H2,21,23). The van der Waals surface area contributed by atoms with Crippen molar-refractivity contribution >= 4 is 5.91 Å². The van der Waals surface area contributed by atoms with Crippen molar-refractivity contribution in [1.29, 1.82) is 0 Å². The van der Waals surface area contributed by atoms with Crippen LogP contribution in [-0.4, -0.2) is 17.6 Å². The number of rotatable bonds is 7. The van der Waals surface area contributed by atoms with Crippen LogP contribution in [0, 0.1) is 6.92 Å². The Morgan fingerprint density at radius 3 is 2.62 bits per heavy atom. The van der Waals surface area contributed by atoms with Crippen molar-refractivity contribution in [3.8, 4) is 16.9 Å². The van der Waals surface area contributed by atoms with Crippen LogP contribution >= 0.6 is 0 Å². The van der Waals surface area contributed by atoms with Gasteiger partial charge in [0.05, 0.1) is 12.7 Å². The third-order valence-corrected chi connectivity index (χ3v) is 4.85. The van der Waals surface area contributed by atoms with Crippen LogP contribution in [0.15, 0.2) is 24.3 Å². The van der Waals surface area contributed by atoms with Crippen LogP contribution in [0.4, 0.5) is 0 Å². The molecule has 0 aliphatic heterocycles. The van der Waals surface area contributed by atoms with Crippen LogP contribution in [0.2, 0.25) is 0 Å². The lowest BCUT2D eigenvalue weighted by Gasteiger charge is -2.14. The lowest BCUT2D eigenvalue weighted by atomic mass is 9.97. The van der Waals surface area contributed by atoms with E-state index in [1.165, 1.54) is 18.5 Å². The van der Waals surface area contributed by atoms with Gasteiger partial charge in [0.1, 0.15) is 5.75 Å². The summed E-state index contributed by atoms with van der Waals surface area (Å²) in [5.41, 5.74) is 10.6. The first-order chi connectivity index (χ1) is 11.6. The molecule has 0 spiro atoms. The third kappa shape index (κ3) is 2.81. The number of hydrogen-bond acceptors (Lipinski definition) is 2. The van der Waals surface area contributed by atoms with Gasteiger partial charge in [-0.1, -0.05) is 31.5 Å². The molecular formula is C20H26N2O2. The monoisotopic (exact) mass is 326 g/mol. The number of unbranched alkanes of at least 4 members (excludes halogenated alkanes) is 1. The van der Waals surface area contributed by atoms with Gasteiger partial charge in [0.2, 0.25) is 0 Å². The van der Waals surface area contributed by atoms with Gasteiger partial charge in [0.15, 0.2) is 0 Å². The van der Waals surface area contributed by atoms with E-state index in [-0.39, 0.29) is 5.91 Å². The molecule has 1 aliphatic carbocycles. The van der Waals surface area contributed by atoms with Gasteiger partial charge in [0, 0.05) is 28.6 Å². The van der Waals surface area contributed by atoms with E-state index in [1.807, 2.05) is 31.2 Å². The normalized spacial score (nSPS) is 14.0. The Balaban J connectivity index is 2.29. The van der Waals surface area contributed by atoms with E-state index >= 15 is 0 Å². The Hall–Kier alpha value is -2.23. The molecule has 1 aromatic carbocycles. The molecular weight excluding hydrogens is 300 g/mol. The second kappa shape index (κ2) is 6.71. The predicted octanol–water partition coefficient (Wildman–Crippen LogP) is 4.25. The Morgan fingerprint density at radius 2 is 2.04 bits per heavy atom. The summed E-state index contributed by atoms with van der Waals surface area (Å²) in [5, 5.41) is 0. The molecule has 4 nitrogen and oxygen atoms in total. The largest absolute Gasteiger partial charge is 0.496 e. The molecule has 1 aliphatic rings. The number of para-hydroxylation sites is 1. The molecule has 24 heavy (non-hydrogen) atoms. The average molecular weight is 326 g/mol. The Bertz CT molecular complexity index is 757. The van der Waals surface area contributed by atoms with Gasteiger partial charge in [-0.15, -0.1) is 0 Å². The van der Waals surface area contributed by atoms with E-state index in [1.54, 1.807) is 7.11 Å².